The third-order valence-electron chi connectivity index (χ3n) is 4.18. The number of rotatable bonds is 3. The van der Waals surface area contributed by atoms with E-state index in [0.717, 1.165) is 16.9 Å². The topological polar surface area (TPSA) is 66.4 Å². The van der Waals surface area contributed by atoms with Crippen molar-refractivity contribution in [1.82, 2.24) is 14.9 Å². The summed E-state index contributed by atoms with van der Waals surface area (Å²) in [6.45, 7) is 3.82. The molecule has 0 saturated carbocycles. The van der Waals surface area contributed by atoms with Crippen LogP contribution in [0.15, 0.2) is 42.9 Å². The van der Waals surface area contributed by atoms with Gasteiger partial charge in [0.05, 0.1) is 23.7 Å². The van der Waals surface area contributed by atoms with Crippen molar-refractivity contribution in [2.75, 3.05) is 23.7 Å². The van der Waals surface area contributed by atoms with E-state index in [0.29, 0.717) is 19.6 Å². The van der Waals surface area contributed by atoms with Gasteiger partial charge in [-0.1, -0.05) is 18.2 Å². The van der Waals surface area contributed by atoms with Crippen molar-refractivity contribution in [3.05, 3.63) is 54.1 Å². The average Bonchev–Trinajstić information content (AvgIpc) is 2.74. The van der Waals surface area contributed by atoms with Crippen LogP contribution in [0.5, 0.6) is 0 Å². The summed E-state index contributed by atoms with van der Waals surface area (Å²) in [6, 6.07) is 7.73. The minimum Gasteiger partial charge on any atom is -0.289 e. The molecule has 6 nitrogen and oxygen atoms in total. The third-order valence-corrected chi connectivity index (χ3v) is 5.36. The number of hydrogen-bond acceptors (Lipinski definition) is 5. The van der Waals surface area contributed by atoms with E-state index in [4.69, 9.17) is 0 Å². The highest BCUT2D eigenvalue weighted by Gasteiger charge is 2.28. The number of aromatic nitrogens is 2. The lowest BCUT2D eigenvalue weighted by Crippen LogP contribution is -2.36. The molecular weight excluding hydrogens is 312 g/mol. The van der Waals surface area contributed by atoms with Crippen LogP contribution in [0.1, 0.15) is 24.2 Å². The SMILES string of the molecule is C[C@H](c1cnccn1)N1CCN(S(C)(=O)=O)c2ccccc2C1. The first-order valence-corrected chi connectivity index (χ1v) is 9.37. The Morgan fingerprint density at radius 1 is 1.17 bits per heavy atom. The molecule has 0 aliphatic carbocycles. The lowest BCUT2D eigenvalue weighted by atomic mass is 10.1. The quantitative estimate of drug-likeness (QED) is 0.858. The van der Waals surface area contributed by atoms with Crippen molar-refractivity contribution in [1.29, 1.82) is 0 Å². The fraction of sp³-hybridized carbons (Fsp3) is 0.375. The average molecular weight is 332 g/mol. The van der Waals surface area contributed by atoms with Crippen molar-refractivity contribution < 1.29 is 8.42 Å². The second-order valence-electron chi connectivity index (χ2n) is 5.74. The van der Waals surface area contributed by atoms with Crippen molar-refractivity contribution >= 4 is 15.7 Å². The summed E-state index contributed by atoms with van der Waals surface area (Å²) >= 11 is 0. The Morgan fingerprint density at radius 2 is 1.96 bits per heavy atom. The zero-order valence-electron chi connectivity index (χ0n) is 13.3. The molecule has 1 atom stereocenters. The molecule has 23 heavy (non-hydrogen) atoms. The number of nitrogens with zero attached hydrogens (tertiary/aromatic N) is 4. The molecule has 0 saturated heterocycles. The van der Waals surface area contributed by atoms with Gasteiger partial charge in [-0.2, -0.15) is 0 Å². The molecule has 1 aromatic carbocycles. The lowest BCUT2D eigenvalue weighted by Gasteiger charge is -2.27. The number of para-hydroxylation sites is 1. The molecule has 0 N–H and O–H groups in total. The maximum atomic E-state index is 12.1. The van der Waals surface area contributed by atoms with Gasteiger partial charge in [0.1, 0.15) is 0 Å². The Labute approximate surface area is 136 Å². The van der Waals surface area contributed by atoms with Gasteiger partial charge in [-0.15, -0.1) is 0 Å². The molecule has 0 amide bonds. The highest BCUT2D eigenvalue weighted by molar-refractivity contribution is 7.92. The van der Waals surface area contributed by atoms with E-state index in [1.807, 2.05) is 24.3 Å². The second kappa shape index (κ2) is 6.25. The van der Waals surface area contributed by atoms with E-state index in [2.05, 4.69) is 21.8 Å². The van der Waals surface area contributed by atoms with Gasteiger partial charge < -0.3 is 0 Å². The fourth-order valence-electron chi connectivity index (χ4n) is 2.91. The Kier molecular flexibility index (Phi) is 4.32. The Hall–Kier alpha value is -1.99. The number of anilines is 1. The summed E-state index contributed by atoms with van der Waals surface area (Å²) in [4.78, 5) is 10.7. The molecule has 0 radical (unpaired) electrons. The largest absolute Gasteiger partial charge is 0.289 e. The third kappa shape index (κ3) is 3.35. The molecule has 1 aliphatic rings. The van der Waals surface area contributed by atoms with E-state index >= 15 is 0 Å². The van der Waals surface area contributed by atoms with E-state index in [1.54, 1.807) is 18.6 Å². The number of benzene rings is 1. The minimum absolute atomic E-state index is 0.0660. The zero-order chi connectivity index (χ0) is 16.4. The van der Waals surface area contributed by atoms with Gasteiger partial charge in [0.25, 0.3) is 0 Å². The van der Waals surface area contributed by atoms with Crippen LogP contribution < -0.4 is 4.31 Å². The molecule has 7 heteroatoms. The van der Waals surface area contributed by atoms with Crippen LogP contribution in [0.25, 0.3) is 0 Å². The van der Waals surface area contributed by atoms with Crippen molar-refractivity contribution in [2.24, 2.45) is 0 Å². The monoisotopic (exact) mass is 332 g/mol. The fourth-order valence-corrected chi connectivity index (χ4v) is 3.86. The molecule has 2 aromatic rings. The summed E-state index contributed by atoms with van der Waals surface area (Å²) < 4.78 is 25.8. The molecular formula is C16H20N4O2S. The predicted molar refractivity (Wildman–Crippen MR) is 89.5 cm³/mol. The van der Waals surface area contributed by atoms with Crippen LogP contribution in [-0.4, -0.2) is 42.6 Å². The van der Waals surface area contributed by atoms with Gasteiger partial charge in [-0.05, 0) is 18.6 Å². The van der Waals surface area contributed by atoms with Crippen molar-refractivity contribution in [2.45, 2.75) is 19.5 Å². The van der Waals surface area contributed by atoms with Crippen LogP contribution in [0.3, 0.4) is 0 Å². The molecule has 0 bridgehead atoms. The molecule has 1 aromatic heterocycles. The minimum atomic E-state index is -3.30. The Balaban J connectivity index is 1.94. The van der Waals surface area contributed by atoms with Gasteiger partial charge in [0.2, 0.25) is 10.0 Å². The standard InChI is InChI=1S/C16H20N4O2S/c1-13(15-11-17-7-8-18-15)19-9-10-20(23(2,21)22)16-6-4-3-5-14(16)12-19/h3-8,11,13H,9-10,12H2,1-2H3/t13-/m1/s1. The van der Waals surface area contributed by atoms with Crippen molar-refractivity contribution in [3.8, 4) is 0 Å². The summed E-state index contributed by atoms with van der Waals surface area (Å²) in [5.74, 6) is 0. The summed E-state index contributed by atoms with van der Waals surface area (Å²) in [7, 11) is -3.30. The summed E-state index contributed by atoms with van der Waals surface area (Å²) in [6.07, 6.45) is 6.35. The molecule has 122 valence electrons. The zero-order valence-corrected chi connectivity index (χ0v) is 14.1. The molecule has 1 aliphatic heterocycles. The van der Waals surface area contributed by atoms with Gasteiger partial charge in [-0.25, -0.2) is 8.42 Å². The van der Waals surface area contributed by atoms with E-state index < -0.39 is 10.0 Å². The van der Waals surface area contributed by atoms with Crippen LogP contribution in [0.2, 0.25) is 0 Å². The molecule has 0 unspecified atom stereocenters. The number of hydrogen-bond donors (Lipinski definition) is 0. The maximum absolute atomic E-state index is 12.1. The van der Waals surface area contributed by atoms with E-state index in [9.17, 15) is 8.42 Å². The first kappa shape index (κ1) is 15.9. The first-order chi connectivity index (χ1) is 11.0. The van der Waals surface area contributed by atoms with Crippen LogP contribution in [0, 0.1) is 0 Å². The maximum Gasteiger partial charge on any atom is 0.232 e. The molecule has 0 spiro atoms. The summed E-state index contributed by atoms with van der Waals surface area (Å²) in [5, 5.41) is 0. The van der Waals surface area contributed by atoms with Gasteiger partial charge >= 0.3 is 0 Å². The molecule has 2 heterocycles. The number of sulfonamides is 1. The highest BCUT2D eigenvalue weighted by atomic mass is 32.2. The Morgan fingerprint density at radius 3 is 2.65 bits per heavy atom. The molecule has 3 rings (SSSR count). The lowest BCUT2D eigenvalue weighted by molar-refractivity contribution is 0.208. The number of fused-ring (bicyclic) bond motifs is 1. The predicted octanol–water partition coefficient (Wildman–Crippen LogP) is 1.82. The van der Waals surface area contributed by atoms with E-state index in [1.165, 1.54) is 10.6 Å². The smallest absolute Gasteiger partial charge is 0.232 e. The normalized spacial score (nSPS) is 17.4. The molecule has 0 fully saturated rings. The van der Waals surface area contributed by atoms with Crippen LogP contribution in [0.4, 0.5) is 5.69 Å². The van der Waals surface area contributed by atoms with E-state index in [-0.39, 0.29) is 6.04 Å². The highest BCUT2D eigenvalue weighted by Crippen LogP contribution is 2.30. The van der Waals surface area contributed by atoms with Gasteiger partial charge in [0, 0.05) is 38.2 Å². The first-order valence-electron chi connectivity index (χ1n) is 7.52. The van der Waals surface area contributed by atoms with Crippen LogP contribution in [-0.2, 0) is 16.6 Å². The van der Waals surface area contributed by atoms with Gasteiger partial charge in [0.15, 0.2) is 0 Å². The van der Waals surface area contributed by atoms with Crippen molar-refractivity contribution in [3.63, 3.8) is 0 Å². The second-order valence-corrected chi connectivity index (χ2v) is 7.65. The van der Waals surface area contributed by atoms with Crippen LogP contribution >= 0.6 is 0 Å². The van der Waals surface area contributed by atoms with Gasteiger partial charge in [-0.3, -0.25) is 19.2 Å². The summed E-state index contributed by atoms with van der Waals surface area (Å²) in [5.41, 5.74) is 2.66. The Bertz CT molecular complexity index is 780.